The third-order valence-electron chi connectivity index (χ3n) is 3.74. The number of nitrogens with one attached hydrogen (secondary N) is 1. The van der Waals surface area contributed by atoms with Crippen molar-refractivity contribution in [1.29, 1.82) is 0 Å². The maximum absolute atomic E-state index is 13.3. The fraction of sp³-hybridized carbons (Fsp3) is 0.286. The first-order valence-electron chi connectivity index (χ1n) is 7.61. The van der Waals surface area contributed by atoms with E-state index in [1.54, 1.807) is 0 Å². The van der Waals surface area contributed by atoms with E-state index in [0.29, 0.717) is 17.1 Å². The first kappa shape index (κ1) is 23.3. The lowest BCUT2D eigenvalue weighted by atomic mass is 10.1. The van der Waals surface area contributed by atoms with Crippen LogP contribution in [0.15, 0.2) is 33.5 Å². The summed E-state index contributed by atoms with van der Waals surface area (Å²) in [7, 11) is 0. The van der Waals surface area contributed by atoms with Gasteiger partial charge in [0.15, 0.2) is 5.71 Å². The van der Waals surface area contributed by atoms with Gasteiger partial charge < -0.3 is 10.5 Å². The number of hydrogen-bond acceptors (Lipinski definition) is 6. The van der Waals surface area contributed by atoms with E-state index in [2.05, 4.69) is 20.1 Å². The van der Waals surface area contributed by atoms with Crippen molar-refractivity contribution >= 4 is 40.4 Å². The molecule has 3 rings (SSSR count). The quantitative estimate of drug-likeness (QED) is 0.576. The van der Waals surface area contributed by atoms with Gasteiger partial charge in [0, 0.05) is 12.1 Å². The molecular formula is C14H6Cl2F9N5O. The van der Waals surface area contributed by atoms with Crippen LogP contribution in [0.25, 0.3) is 0 Å². The van der Waals surface area contributed by atoms with E-state index >= 15 is 0 Å². The van der Waals surface area contributed by atoms with Crippen molar-refractivity contribution in [1.82, 2.24) is 5.43 Å². The summed E-state index contributed by atoms with van der Waals surface area (Å²) in [6.07, 6.45) is -17.7. The highest BCUT2D eigenvalue weighted by molar-refractivity contribution is 6.39. The highest BCUT2D eigenvalue weighted by atomic mass is 35.5. The fourth-order valence-corrected chi connectivity index (χ4v) is 3.30. The smallest absolute Gasteiger partial charge is 0.406 e. The summed E-state index contributed by atoms with van der Waals surface area (Å²) in [5.41, 5.74) is 4.44. The summed E-state index contributed by atoms with van der Waals surface area (Å²) in [5.74, 6) is -3.75. The van der Waals surface area contributed by atoms with Gasteiger partial charge in [0.1, 0.15) is 17.7 Å². The lowest BCUT2D eigenvalue weighted by Gasteiger charge is -2.24. The molecule has 3 N–H and O–H groups in total. The van der Waals surface area contributed by atoms with Crippen LogP contribution in [-0.2, 0) is 0 Å². The molecule has 1 aromatic carbocycles. The Hall–Kier alpha value is -2.39. The molecule has 0 saturated carbocycles. The Morgan fingerprint density at radius 2 is 1.52 bits per heavy atom. The van der Waals surface area contributed by atoms with E-state index < -0.39 is 69.3 Å². The lowest BCUT2D eigenvalue weighted by Crippen LogP contribution is -2.43. The highest BCUT2D eigenvalue weighted by Gasteiger charge is 2.51. The number of anilines is 1. The third-order valence-corrected chi connectivity index (χ3v) is 4.31. The lowest BCUT2D eigenvalue weighted by molar-refractivity contribution is -0.274. The zero-order valence-electron chi connectivity index (χ0n) is 14.2. The van der Waals surface area contributed by atoms with Crippen molar-refractivity contribution in [2.24, 2.45) is 15.7 Å². The number of rotatable bonds is 2. The number of alkyl halides is 9. The Bertz CT molecular complexity index is 990. The van der Waals surface area contributed by atoms with E-state index in [0.717, 1.165) is 0 Å². The maximum Gasteiger partial charge on any atom is 0.573 e. The van der Waals surface area contributed by atoms with Crippen LogP contribution in [0.3, 0.4) is 0 Å². The molecule has 0 fully saturated rings. The van der Waals surface area contributed by atoms with Crippen LogP contribution in [0, 0.1) is 0 Å². The molecule has 2 aliphatic rings. The monoisotopic (exact) mass is 501 g/mol. The van der Waals surface area contributed by atoms with Crippen molar-refractivity contribution in [3.8, 4) is 5.75 Å². The molecule has 1 aromatic rings. The molecule has 0 radical (unpaired) electrons. The average molecular weight is 502 g/mol. The number of nitrogens with zero attached hydrogens (tertiary/aromatic N) is 3. The van der Waals surface area contributed by atoms with Gasteiger partial charge in [-0.2, -0.15) is 31.8 Å². The summed E-state index contributed by atoms with van der Waals surface area (Å²) >= 11 is 11.7. The summed E-state index contributed by atoms with van der Waals surface area (Å²) in [4.78, 5) is 5.63. The fourth-order valence-electron chi connectivity index (χ4n) is 2.66. The maximum atomic E-state index is 13.3. The molecule has 1 unspecified atom stereocenters. The minimum Gasteiger partial charge on any atom is -0.406 e. The van der Waals surface area contributed by atoms with Crippen LogP contribution < -0.4 is 20.9 Å². The number of amidine groups is 1. The summed E-state index contributed by atoms with van der Waals surface area (Å²) in [6.45, 7) is 0. The van der Waals surface area contributed by atoms with E-state index in [1.807, 2.05) is 0 Å². The second-order valence-electron chi connectivity index (χ2n) is 5.86. The molecule has 6 nitrogen and oxygen atoms in total. The van der Waals surface area contributed by atoms with E-state index in [-0.39, 0.29) is 0 Å². The van der Waals surface area contributed by atoms with Gasteiger partial charge in [0.05, 0.1) is 21.3 Å². The standard InChI is InChI=1S/C14H6Cl2F9N5O/c15-4-1-3(31-14(23,24)25)2-5(16)7(4)30-9(26)6-8(12(17,18)19)27-11(13(20,21)22)28-10(6)29-30/h1-2,10,29H,26H2. The number of ether oxygens (including phenoxy) is 1. The molecule has 0 amide bonds. The minimum atomic E-state index is -5.35. The molecule has 0 spiro atoms. The highest BCUT2D eigenvalue weighted by Crippen LogP contribution is 2.43. The first-order chi connectivity index (χ1) is 14.0. The molecule has 2 aliphatic heterocycles. The Labute approximate surface area is 175 Å². The van der Waals surface area contributed by atoms with Gasteiger partial charge in [-0.25, -0.2) is 9.98 Å². The van der Waals surface area contributed by atoms with Crippen molar-refractivity contribution < 1.29 is 44.3 Å². The van der Waals surface area contributed by atoms with Crippen LogP contribution in [0.5, 0.6) is 5.75 Å². The average Bonchev–Trinajstić information content (AvgIpc) is 2.87. The zero-order chi connectivity index (χ0) is 23.5. The van der Waals surface area contributed by atoms with Gasteiger partial charge >= 0.3 is 18.7 Å². The Kier molecular flexibility index (Phi) is 5.51. The van der Waals surface area contributed by atoms with Gasteiger partial charge in [-0.05, 0) is 0 Å². The van der Waals surface area contributed by atoms with Crippen molar-refractivity contribution in [3.63, 3.8) is 0 Å². The van der Waals surface area contributed by atoms with Gasteiger partial charge in [0.2, 0.25) is 5.84 Å². The molecule has 0 aromatic heterocycles. The van der Waals surface area contributed by atoms with Crippen LogP contribution in [0.4, 0.5) is 45.2 Å². The molecule has 0 saturated heterocycles. The number of fused-ring (bicyclic) bond motifs is 1. The molecule has 0 aliphatic carbocycles. The van der Waals surface area contributed by atoms with Gasteiger partial charge in [-0.3, -0.25) is 5.01 Å². The Balaban J connectivity index is 2.09. The van der Waals surface area contributed by atoms with Crippen molar-refractivity contribution in [3.05, 3.63) is 33.6 Å². The Morgan fingerprint density at radius 1 is 0.968 bits per heavy atom. The summed E-state index contributed by atoms with van der Waals surface area (Å²) in [6, 6.07) is 1.25. The summed E-state index contributed by atoms with van der Waals surface area (Å²) < 4.78 is 120. The van der Waals surface area contributed by atoms with Gasteiger partial charge in [-0.1, -0.05) is 23.2 Å². The number of hydrogen-bond donors (Lipinski definition) is 2. The SMILES string of the molecule is NC1=C2C(C(F)(F)F)=NC(C(F)(F)F)=NC2NN1c1c(Cl)cc(OC(F)(F)F)cc1Cl. The summed E-state index contributed by atoms with van der Waals surface area (Å²) in [5, 5.41) is -0.592. The number of aliphatic imine (C=N–C) groups is 2. The van der Waals surface area contributed by atoms with Crippen LogP contribution in [0.2, 0.25) is 10.0 Å². The number of benzene rings is 1. The largest absolute Gasteiger partial charge is 0.573 e. The number of nitrogens with two attached hydrogens (primary N) is 1. The minimum absolute atomic E-state index is 0.456. The van der Waals surface area contributed by atoms with Crippen LogP contribution in [-0.4, -0.2) is 36.4 Å². The van der Waals surface area contributed by atoms with E-state index in [1.165, 1.54) is 0 Å². The third kappa shape index (κ3) is 4.62. The zero-order valence-corrected chi connectivity index (χ0v) is 15.7. The van der Waals surface area contributed by atoms with Crippen LogP contribution in [0.1, 0.15) is 0 Å². The topological polar surface area (TPSA) is 75.2 Å². The second-order valence-corrected chi connectivity index (χ2v) is 6.67. The predicted molar refractivity (Wildman–Crippen MR) is 90.7 cm³/mol. The second kappa shape index (κ2) is 7.34. The van der Waals surface area contributed by atoms with E-state index in [9.17, 15) is 39.5 Å². The molecule has 31 heavy (non-hydrogen) atoms. The Morgan fingerprint density at radius 3 is 1.97 bits per heavy atom. The van der Waals surface area contributed by atoms with Gasteiger partial charge in [-0.15, -0.1) is 13.2 Å². The molecule has 170 valence electrons. The molecule has 1 atom stereocenters. The molecule has 0 bridgehead atoms. The number of halogens is 11. The molecular weight excluding hydrogens is 496 g/mol. The normalized spacial score (nSPS) is 20.0. The number of hydrazine groups is 1. The molecule has 2 heterocycles. The predicted octanol–water partition coefficient (Wildman–Crippen LogP) is 4.69. The first-order valence-corrected chi connectivity index (χ1v) is 8.36. The van der Waals surface area contributed by atoms with Gasteiger partial charge in [0.25, 0.3) is 0 Å². The van der Waals surface area contributed by atoms with Crippen molar-refractivity contribution in [2.75, 3.05) is 5.01 Å². The van der Waals surface area contributed by atoms with Crippen LogP contribution >= 0.6 is 23.2 Å². The molecule has 17 heteroatoms. The van der Waals surface area contributed by atoms with Crippen molar-refractivity contribution in [2.45, 2.75) is 24.9 Å². The van der Waals surface area contributed by atoms with E-state index in [4.69, 9.17) is 28.9 Å².